The van der Waals surface area contributed by atoms with Gasteiger partial charge in [-0.05, 0) is 12.0 Å². The summed E-state index contributed by atoms with van der Waals surface area (Å²) in [6.07, 6.45) is 0.970. The summed E-state index contributed by atoms with van der Waals surface area (Å²) < 4.78 is 0. The molecule has 1 saturated heterocycles. The molecule has 20 heavy (non-hydrogen) atoms. The monoisotopic (exact) mass is 297 g/mol. The van der Waals surface area contributed by atoms with Crippen molar-refractivity contribution < 1.29 is 4.79 Å². The predicted molar refractivity (Wildman–Crippen MR) is 84.1 cm³/mol. The van der Waals surface area contributed by atoms with Gasteiger partial charge in [0.15, 0.2) is 0 Å². The lowest BCUT2D eigenvalue weighted by Crippen LogP contribution is -2.37. The molecule has 1 heterocycles. The Kier molecular flexibility index (Phi) is 6.99. The number of hydrogen-bond acceptors (Lipinski definition) is 3. The van der Waals surface area contributed by atoms with Crippen molar-refractivity contribution in [2.75, 3.05) is 26.2 Å². The molecule has 0 bridgehead atoms. The number of carbonyl (C=O) groups is 1. The Morgan fingerprint density at radius 1 is 1.35 bits per heavy atom. The molecule has 0 radical (unpaired) electrons. The van der Waals surface area contributed by atoms with Crippen LogP contribution in [-0.2, 0) is 4.79 Å². The van der Waals surface area contributed by atoms with Crippen molar-refractivity contribution in [1.82, 2.24) is 10.2 Å². The average Bonchev–Trinajstić information content (AvgIpc) is 2.78. The van der Waals surface area contributed by atoms with Gasteiger partial charge in [0.25, 0.3) is 0 Å². The highest BCUT2D eigenvalue weighted by Crippen LogP contribution is 2.25. The van der Waals surface area contributed by atoms with Crippen LogP contribution in [0.3, 0.4) is 0 Å². The SMILES string of the molecule is CCCNC(=O)CN1C[C@@H](N)[C@H](c2ccccc2)C1.Cl. The van der Waals surface area contributed by atoms with E-state index < -0.39 is 0 Å². The maximum atomic E-state index is 11.7. The first-order valence-corrected chi connectivity index (χ1v) is 7.00. The summed E-state index contributed by atoms with van der Waals surface area (Å²) in [5, 5.41) is 2.91. The van der Waals surface area contributed by atoms with Crippen molar-refractivity contribution in [3.63, 3.8) is 0 Å². The number of carbonyl (C=O) groups excluding carboxylic acids is 1. The van der Waals surface area contributed by atoms with Crippen LogP contribution in [0.4, 0.5) is 0 Å². The zero-order chi connectivity index (χ0) is 13.7. The van der Waals surface area contributed by atoms with Crippen LogP contribution in [0.5, 0.6) is 0 Å². The molecular formula is C15H24ClN3O. The van der Waals surface area contributed by atoms with Crippen LogP contribution in [0.1, 0.15) is 24.8 Å². The molecule has 112 valence electrons. The van der Waals surface area contributed by atoms with Gasteiger partial charge in [0.1, 0.15) is 0 Å². The smallest absolute Gasteiger partial charge is 0.234 e. The van der Waals surface area contributed by atoms with E-state index in [0.29, 0.717) is 12.5 Å². The van der Waals surface area contributed by atoms with E-state index in [1.54, 1.807) is 0 Å². The minimum Gasteiger partial charge on any atom is -0.355 e. The molecule has 0 saturated carbocycles. The maximum absolute atomic E-state index is 11.7. The van der Waals surface area contributed by atoms with Crippen molar-refractivity contribution in [1.29, 1.82) is 0 Å². The molecule has 0 spiro atoms. The van der Waals surface area contributed by atoms with Crippen LogP contribution in [-0.4, -0.2) is 43.0 Å². The molecule has 0 aromatic heterocycles. The fraction of sp³-hybridized carbons (Fsp3) is 0.533. The molecule has 5 heteroatoms. The number of benzene rings is 1. The van der Waals surface area contributed by atoms with Gasteiger partial charge in [0.05, 0.1) is 6.54 Å². The van der Waals surface area contributed by atoms with Gasteiger partial charge in [-0.2, -0.15) is 0 Å². The number of likely N-dealkylation sites (tertiary alicyclic amines) is 1. The summed E-state index contributed by atoms with van der Waals surface area (Å²) in [6.45, 7) is 4.92. The Morgan fingerprint density at radius 3 is 2.70 bits per heavy atom. The third-order valence-corrected chi connectivity index (χ3v) is 3.61. The molecule has 1 fully saturated rings. The first kappa shape index (κ1) is 17.0. The maximum Gasteiger partial charge on any atom is 0.234 e. The standard InChI is InChI=1S/C15H23N3O.ClH/c1-2-8-17-15(19)11-18-9-13(14(16)10-18)12-6-4-3-5-7-12;/h3-7,13-14H,2,8-11,16H2,1H3,(H,17,19);1H/t13-,14+;/m0./s1. The number of hydrogen-bond donors (Lipinski definition) is 2. The van der Waals surface area contributed by atoms with Crippen molar-refractivity contribution in [3.8, 4) is 0 Å². The van der Waals surface area contributed by atoms with E-state index in [1.807, 2.05) is 18.2 Å². The van der Waals surface area contributed by atoms with Crippen LogP contribution in [0, 0.1) is 0 Å². The second-order valence-corrected chi connectivity index (χ2v) is 5.23. The van der Waals surface area contributed by atoms with Crippen LogP contribution < -0.4 is 11.1 Å². The summed E-state index contributed by atoms with van der Waals surface area (Å²) in [6, 6.07) is 10.4. The Morgan fingerprint density at radius 2 is 2.05 bits per heavy atom. The van der Waals surface area contributed by atoms with Gasteiger partial charge in [-0.1, -0.05) is 37.3 Å². The number of nitrogens with two attached hydrogens (primary N) is 1. The first-order valence-electron chi connectivity index (χ1n) is 7.00. The zero-order valence-corrected chi connectivity index (χ0v) is 12.7. The lowest BCUT2D eigenvalue weighted by molar-refractivity contribution is -0.122. The summed E-state index contributed by atoms with van der Waals surface area (Å²) >= 11 is 0. The summed E-state index contributed by atoms with van der Waals surface area (Å²) in [5.74, 6) is 0.433. The Hall–Kier alpha value is -1.10. The summed E-state index contributed by atoms with van der Waals surface area (Å²) in [4.78, 5) is 13.9. The average molecular weight is 298 g/mol. The molecule has 0 unspecified atom stereocenters. The molecule has 1 amide bonds. The summed E-state index contributed by atoms with van der Waals surface area (Å²) in [5.41, 5.74) is 7.47. The van der Waals surface area contributed by atoms with Gasteiger partial charge < -0.3 is 11.1 Å². The van der Waals surface area contributed by atoms with Gasteiger partial charge in [-0.3, -0.25) is 9.69 Å². The topological polar surface area (TPSA) is 58.4 Å². The molecule has 4 nitrogen and oxygen atoms in total. The van der Waals surface area contributed by atoms with Gasteiger partial charge >= 0.3 is 0 Å². The lowest BCUT2D eigenvalue weighted by Gasteiger charge is -2.15. The molecule has 1 aromatic carbocycles. The van der Waals surface area contributed by atoms with E-state index in [2.05, 4.69) is 29.3 Å². The minimum atomic E-state index is 0. The molecule has 1 aliphatic heterocycles. The number of halogens is 1. The minimum absolute atomic E-state index is 0. The van der Waals surface area contributed by atoms with E-state index >= 15 is 0 Å². The zero-order valence-electron chi connectivity index (χ0n) is 11.9. The highest BCUT2D eigenvalue weighted by molar-refractivity contribution is 5.85. The Balaban J connectivity index is 0.00000200. The molecule has 3 N–H and O–H groups in total. The van der Waals surface area contributed by atoms with Gasteiger partial charge in [-0.15, -0.1) is 12.4 Å². The van der Waals surface area contributed by atoms with E-state index in [9.17, 15) is 4.79 Å². The van der Waals surface area contributed by atoms with E-state index in [0.717, 1.165) is 26.1 Å². The first-order chi connectivity index (χ1) is 9.20. The molecule has 2 atom stereocenters. The van der Waals surface area contributed by atoms with Crippen LogP contribution in [0.15, 0.2) is 30.3 Å². The predicted octanol–water partition coefficient (Wildman–Crippen LogP) is 1.36. The normalized spacial score (nSPS) is 22.3. The molecule has 1 aliphatic rings. The third kappa shape index (κ3) is 4.47. The molecule has 2 rings (SSSR count). The van der Waals surface area contributed by atoms with E-state index in [-0.39, 0.29) is 24.4 Å². The van der Waals surface area contributed by atoms with Crippen molar-refractivity contribution >= 4 is 18.3 Å². The van der Waals surface area contributed by atoms with Gasteiger partial charge in [-0.25, -0.2) is 0 Å². The van der Waals surface area contributed by atoms with Crippen molar-refractivity contribution in [3.05, 3.63) is 35.9 Å². The van der Waals surface area contributed by atoms with Crippen LogP contribution in [0.2, 0.25) is 0 Å². The third-order valence-electron chi connectivity index (χ3n) is 3.61. The van der Waals surface area contributed by atoms with Gasteiger partial charge in [0, 0.05) is 31.6 Å². The molecule has 0 aliphatic carbocycles. The van der Waals surface area contributed by atoms with Crippen molar-refractivity contribution in [2.24, 2.45) is 5.73 Å². The van der Waals surface area contributed by atoms with Crippen LogP contribution in [0.25, 0.3) is 0 Å². The highest BCUT2D eigenvalue weighted by atomic mass is 35.5. The second kappa shape index (κ2) is 8.25. The second-order valence-electron chi connectivity index (χ2n) is 5.23. The van der Waals surface area contributed by atoms with Gasteiger partial charge in [0.2, 0.25) is 5.91 Å². The molecular weight excluding hydrogens is 274 g/mol. The Bertz CT molecular complexity index is 413. The van der Waals surface area contributed by atoms with Crippen LogP contribution >= 0.6 is 12.4 Å². The number of nitrogens with zero attached hydrogens (tertiary/aromatic N) is 1. The van der Waals surface area contributed by atoms with Crippen molar-refractivity contribution in [2.45, 2.75) is 25.3 Å². The lowest BCUT2D eigenvalue weighted by atomic mass is 9.95. The number of amides is 1. The quantitative estimate of drug-likeness (QED) is 0.863. The Labute approximate surface area is 127 Å². The highest BCUT2D eigenvalue weighted by Gasteiger charge is 2.31. The summed E-state index contributed by atoms with van der Waals surface area (Å²) in [7, 11) is 0. The number of nitrogens with one attached hydrogen (secondary N) is 1. The number of rotatable bonds is 5. The fourth-order valence-electron chi connectivity index (χ4n) is 2.62. The fourth-order valence-corrected chi connectivity index (χ4v) is 2.62. The van der Waals surface area contributed by atoms with E-state index in [4.69, 9.17) is 5.73 Å². The molecule has 1 aromatic rings. The van der Waals surface area contributed by atoms with E-state index in [1.165, 1.54) is 5.56 Å². The largest absolute Gasteiger partial charge is 0.355 e.